The van der Waals surface area contributed by atoms with Crippen molar-refractivity contribution in [1.82, 2.24) is 10.0 Å². The third-order valence-corrected chi connectivity index (χ3v) is 8.18. The number of carbonyl (C=O) groups excluding carboxylic acids is 2. The molecule has 3 N–H and O–H groups in total. The van der Waals surface area contributed by atoms with Crippen molar-refractivity contribution in [3.63, 3.8) is 0 Å². The third-order valence-electron chi connectivity index (χ3n) is 6.61. The first-order chi connectivity index (χ1) is 15.3. The molecule has 32 heavy (non-hydrogen) atoms. The van der Waals surface area contributed by atoms with Crippen LogP contribution in [0.2, 0.25) is 0 Å². The van der Waals surface area contributed by atoms with Gasteiger partial charge in [0.15, 0.2) is 5.76 Å². The van der Waals surface area contributed by atoms with Crippen LogP contribution in [0.4, 0.5) is 5.69 Å². The van der Waals surface area contributed by atoms with Crippen molar-refractivity contribution in [2.75, 3.05) is 11.9 Å². The fourth-order valence-corrected chi connectivity index (χ4v) is 6.33. The number of hydrogen-bond acceptors (Lipinski definition) is 5. The maximum absolute atomic E-state index is 12.8. The van der Waals surface area contributed by atoms with Crippen LogP contribution in [0.3, 0.4) is 0 Å². The van der Waals surface area contributed by atoms with E-state index in [1.165, 1.54) is 37.7 Å². The SMILES string of the molecule is CC(NS(=O)(=O)c1ccc(NC(=O)CCNC(=O)c2ccco2)cc1)C1CC2CCC1C2. The van der Waals surface area contributed by atoms with Crippen molar-refractivity contribution in [2.45, 2.75) is 50.0 Å². The number of furan rings is 1. The summed E-state index contributed by atoms with van der Waals surface area (Å²) in [5, 5.41) is 5.30. The number of fused-ring (bicyclic) bond motifs is 2. The topological polar surface area (TPSA) is 118 Å². The zero-order chi connectivity index (χ0) is 22.7. The van der Waals surface area contributed by atoms with Gasteiger partial charge in [0.2, 0.25) is 15.9 Å². The normalized spacial score (nSPS) is 23.1. The third kappa shape index (κ3) is 5.21. The maximum Gasteiger partial charge on any atom is 0.286 e. The Labute approximate surface area is 188 Å². The lowest BCUT2D eigenvalue weighted by atomic mass is 9.84. The Hall–Kier alpha value is -2.65. The van der Waals surface area contributed by atoms with E-state index in [1.54, 1.807) is 24.3 Å². The van der Waals surface area contributed by atoms with Crippen molar-refractivity contribution in [1.29, 1.82) is 0 Å². The van der Waals surface area contributed by atoms with Crippen molar-refractivity contribution >= 4 is 27.5 Å². The van der Waals surface area contributed by atoms with Crippen molar-refractivity contribution in [3.05, 3.63) is 48.4 Å². The summed E-state index contributed by atoms with van der Waals surface area (Å²) >= 11 is 0. The number of benzene rings is 1. The predicted octanol–water partition coefficient (Wildman–Crippen LogP) is 3.14. The van der Waals surface area contributed by atoms with Gasteiger partial charge < -0.3 is 15.1 Å². The number of rotatable bonds is 9. The quantitative estimate of drug-likeness (QED) is 0.533. The van der Waals surface area contributed by atoms with Gasteiger partial charge in [-0.15, -0.1) is 0 Å². The first-order valence-corrected chi connectivity index (χ1v) is 12.5. The maximum atomic E-state index is 12.8. The Morgan fingerprint density at radius 1 is 1.12 bits per heavy atom. The number of carbonyl (C=O) groups is 2. The summed E-state index contributed by atoms with van der Waals surface area (Å²) in [6, 6.07) is 9.17. The van der Waals surface area contributed by atoms with Crippen LogP contribution in [0, 0.1) is 17.8 Å². The van der Waals surface area contributed by atoms with Crippen molar-refractivity contribution in [3.8, 4) is 0 Å². The Bertz CT molecular complexity index is 1050. The van der Waals surface area contributed by atoms with Crippen LogP contribution in [0.5, 0.6) is 0 Å². The highest BCUT2D eigenvalue weighted by atomic mass is 32.2. The van der Waals surface area contributed by atoms with Gasteiger partial charge >= 0.3 is 0 Å². The minimum absolute atomic E-state index is 0.0785. The van der Waals surface area contributed by atoms with Crippen LogP contribution in [0.15, 0.2) is 52.0 Å². The molecule has 2 aliphatic rings. The van der Waals surface area contributed by atoms with Crippen molar-refractivity contribution in [2.24, 2.45) is 17.8 Å². The second kappa shape index (κ2) is 9.46. The standard InChI is InChI=1S/C23H29N3O5S/c1-15(20-14-16-4-5-17(20)13-16)26-32(29,30)19-8-6-18(7-9-19)25-22(27)10-11-24-23(28)21-3-2-12-31-21/h2-3,6-9,12,15-17,20,26H,4-5,10-11,13-14H2,1H3,(H,24,28)(H,25,27). The predicted molar refractivity (Wildman–Crippen MR) is 119 cm³/mol. The number of hydrogen-bond donors (Lipinski definition) is 3. The minimum atomic E-state index is -3.62. The van der Waals surface area contributed by atoms with E-state index in [0.29, 0.717) is 17.5 Å². The molecule has 2 aromatic rings. The molecule has 1 heterocycles. The molecule has 172 valence electrons. The summed E-state index contributed by atoms with van der Waals surface area (Å²) < 4.78 is 33.4. The average molecular weight is 460 g/mol. The molecule has 2 amide bonds. The summed E-state index contributed by atoms with van der Waals surface area (Å²) in [5.41, 5.74) is 0.493. The first-order valence-electron chi connectivity index (χ1n) is 11.1. The van der Waals surface area contributed by atoms with E-state index in [4.69, 9.17) is 4.42 Å². The van der Waals surface area contributed by atoms with E-state index in [1.807, 2.05) is 6.92 Å². The van der Waals surface area contributed by atoms with Crippen LogP contribution < -0.4 is 15.4 Å². The van der Waals surface area contributed by atoms with Crippen LogP contribution in [-0.4, -0.2) is 32.8 Å². The minimum Gasteiger partial charge on any atom is -0.459 e. The number of anilines is 1. The molecule has 2 bridgehead atoms. The molecular weight excluding hydrogens is 430 g/mol. The van der Waals surface area contributed by atoms with E-state index in [2.05, 4.69) is 15.4 Å². The molecule has 2 aliphatic carbocycles. The molecule has 1 aromatic carbocycles. The molecule has 4 atom stereocenters. The molecule has 4 unspecified atom stereocenters. The van der Waals surface area contributed by atoms with Gasteiger partial charge in [0.25, 0.3) is 5.91 Å². The van der Waals surface area contributed by atoms with Gasteiger partial charge in [-0.2, -0.15) is 0 Å². The van der Waals surface area contributed by atoms with Gasteiger partial charge in [-0.1, -0.05) is 6.42 Å². The van der Waals surface area contributed by atoms with E-state index >= 15 is 0 Å². The molecule has 0 spiro atoms. The summed E-state index contributed by atoms with van der Waals surface area (Å²) in [6.45, 7) is 2.12. The Morgan fingerprint density at radius 2 is 1.91 bits per heavy atom. The molecule has 1 aromatic heterocycles. The lowest BCUT2D eigenvalue weighted by Crippen LogP contribution is -2.40. The fourth-order valence-electron chi connectivity index (χ4n) is 5.03. The summed E-state index contributed by atoms with van der Waals surface area (Å²) in [5.74, 6) is 1.33. The van der Waals surface area contributed by atoms with E-state index in [-0.39, 0.29) is 41.5 Å². The molecule has 8 nitrogen and oxygen atoms in total. The molecule has 4 rings (SSSR count). The zero-order valence-corrected chi connectivity index (χ0v) is 18.9. The molecule has 0 aliphatic heterocycles. The molecule has 0 saturated heterocycles. The summed E-state index contributed by atoms with van der Waals surface area (Å²) in [7, 11) is -3.62. The van der Waals surface area contributed by atoms with E-state index in [9.17, 15) is 18.0 Å². The molecule has 2 saturated carbocycles. The van der Waals surface area contributed by atoms with Gasteiger partial charge in [0.1, 0.15) is 0 Å². The fraction of sp³-hybridized carbons (Fsp3) is 0.478. The van der Waals surface area contributed by atoms with Crippen molar-refractivity contribution < 1.29 is 22.4 Å². The van der Waals surface area contributed by atoms with Gasteiger partial charge in [-0.25, -0.2) is 13.1 Å². The molecule has 0 radical (unpaired) electrons. The first kappa shape index (κ1) is 22.5. The average Bonchev–Trinajstić information content (AvgIpc) is 3.52. The van der Waals surface area contributed by atoms with Crippen LogP contribution in [0.1, 0.15) is 49.6 Å². The highest BCUT2D eigenvalue weighted by Gasteiger charge is 2.42. The number of amides is 2. The second-order valence-electron chi connectivity index (χ2n) is 8.80. The smallest absolute Gasteiger partial charge is 0.286 e. The zero-order valence-electron chi connectivity index (χ0n) is 18.0. The molecular formula is C23H29N3O5S. The Morgan fingerprint density at radius 3 is 2.53 bits per heavy atom. The highest BCUT2D eigenvalue weighted by molar-refractivity contribution is 7.89. The van der Waals surface area contributed by atoms with Crippen LogP contribution >= 0.6 is 0 Å². The largest absolute Gasteiger partial charge is 0.459 e. The van der Waals surface area contributed by atoms with Gasteiger partial charge in [-0.05, 0) is 80.3 Å². The number of nitrogens with one attached hydrogen (secondary N) is 3. The summed E-state index contributed by atoms with van der Waals surface area (Å²) in [6.07, 6.45) is 6.32. The Kier molecular flexibility index (Phi) is 6.66. The van der Waals surface area contributed by atoms with Gasteiger partial charge in [0.05, 0.1) is 11.2 Å². The van der Waals surface area contributed by atoms with Crippen LogP contribution in [0.25, 0.3) is 0 Å². The van der Waals surface area contributed by atoms with Gasteiger partial charge in [-0.3, -0.25) is 9.59 Å². The molecule has 9 heteroatoms. The lowest BCUT2D eigenvalue weighted by molar-refractivity contribution is -0.116. The second-order valence-corrected chi connectivity index (χ2v) is 10.5. The monoisotopic (exact) mass is 459 g/mol. The van der Waals surface area contributed by atoms with Gasteiger partial charge in [0, 0.05) is 24.7 Å². The van der Waals surface area contributed by atoms with E-state index in [0.717, 1.165) is 12.3 Å². The highest BCUT2D eigenvalue weighted by Crippen LogP contribution is 2.49. The summed E-state index contributed by atoms with van der Waals surface area (Å²) in [4.78, 5) is 24.1. The Balaban J connectivity index is 1.25. The molecule has 2 fully saturated rings. The number of sulfonamides is 1. The van der Waals surface area contributed by atoms with E-state index < -0.39 is 10.0 Å². The lowest BCUT2D eigenvalue weighted by Gasteiger charge is -2.28. The van der Waals surface area contributed by atoms with Crippen LogP contribution in [-0.2, 0) is 14.8 Å².